The molecule has 1 heterocycles. The van der Waals surface area contributed by atoms with Crippen molar-refractivity contribution >= 4 is 5.91 Å². The highest BCUT2D eigenvalue weighted by molar-refractivity contribution is 5.84. The van der Waals surface area contributed by atoms with Crippen molar-refractivity contribution in [3.63, 3.8) is 0 Å². The van der Waals surface area contributed by atoms with Crippen LogP contribution in [0.15, 0.2) is 0 Å². The molecule has 1 N–H and O–H groups in total. The van der Waals surface area contributed by atoms with Crippen molar-refractivity contribution in [3.05, 3.63) is 0 Å². The van der Waals surface area contributed by atoms with Gasteiger partial charge in [0.1, 0.15) is 0 Å². The molecule has 1 aliphatic rings. The van der Waals surface area contributed by atoms with Crippen LogP contribution in [0, 0.1) is 0 Å². The minimum atomic E-state index is 0.0408. The van der Waals surface area contributed by atoms with Gasteiger partial charge in [0.05, 0.1) is 12.2 Å². The predicted molar refractivity (Wildman–Crippen MR) is 84.6 cm³/mol. The van der Waals surface area contributed by atoms with Crippen LogP contribution in [0.1, 0.15) is 60.3 Å². The summed E-state index contributed by atoms with van der Waals surface area (Å²) in [6.45, 7) is 13.9. The Labute approximate surface area is 124 Å². The largest absolute Gasteiger partial charge is 0.322 e. The lowest BCUT2D eigenvalue weighted by molar-refractivity contribution is -0.132. The first kappa shape index (κ1) is 17.4. The van der Waals surface area contributed by atoms with Gasteiger partial charge in [-0.25, -0.2) is 0 Å². The number of amides is 1. The summed E-state index contributed by atoms with van der Waals surface area (Å²) in [4.78, 5) is 17.1. The highest BCUT2D eigenvalue weighted by Gasteiger charge is 2.39. The molecule has 3 atom stereocenters. The molecule has 20 heavy (non-hydrogen) atoms. The summed E-state index contributed by atoms with van der Waals surface area (Å²) in [7, 11) is 0. The quantitative estimate of drug-likeness (QED) is 0.706. The number of unbranched alkanes of at least 4 members (excludes halogenated alkanes) is 1. The number of hydrogen-bond acceptors (Lipinski definition) is 3. The molecular weight excluding hydrogens is 250 g/mol. The lowest BCUT2D eigenvalue weighted by Gasteiger charge is -2.33. The van der Waals surface area contributed by atoms with E-state index in [1.54, 1.807) is 0 Å². The first-order valence-electron chi connectivity index (χ1n) is 8.39. The molecule has 0 saturated carbocycles. The summed E-state index contributed by atoms with van der Waals surface area (Å²) in [5, 5.41) is 3.52. The first-order valence-corrected chi connectivity index (χ1v) is 8.39. The molecule has 0 aliphatic carbocycles. The van der Waals surface area contributed by atoms with Crippen molar-refractivity contribution in [2.24, 2.45) is 0 Å². The fraction of sp³-hybridized carbons (Fsp3) is 0.938. The molecule has 1 fully saturated rings. The van der Waals surface area contributed by atoms with E-state index in [1.165, 1.54) is 0 Å². The Morgan fingerprint density at radius 1 is 1.25 bits per heavy atom. The maximum absolute atomic E-state index is 12.6. The summed E-state index contributed by atoms with van der Waals surface area (Å²) in [5.41, 5.74) is 0. The number of likely N-dealkylation sites (N-methyl/N-ethyl adjacent to an activating group) is 1. The van der Waals surface area contributed by atoms with Crippen molar-refractivity contribution in [1.29, 1.82) is 0 Å². The normalized spacial score (nSPS) is 24.7. The Kier molecular flexibility index (Phi) is 7.52. The molecule has 1 amide bonds. The second kappa shape index (κ2) is 8.63. The monoisotopic (exact) mass is 283 g/mol. The fourth-order valence-corrected chi connectivity index (χ4v) is 3.11. The Balaban J connectivity index is 2.67. The van der Waals surface area contributed by atoms with E-state index < -0.39 is 0 Å². The highest BCUT2D eigenvalue weighted by atomic mass is 16.2. The average molecular weight is 283 g/mol. The fourth-order valence-electron chi connectivity index (χ4n) is 3.11. The van der Waals surface area contributed by atoms with E-state index >= 15 is 0 Å². The number of carbonyl (C=O) groups excluding carboxylic acids is 1. The summed E-state index contributed by atoms with van der Waals surface area (Å²) >= 11 is 0. The molecule has 3 unspecified atom stereocenters. The highest BCUT2D eigenvalue weighted by Crippen LogP contribution is 2.20. The van der Waals surface area contributed by atoms with Crippen LogP contribution in [0.25, 0.3) is 0 Å². The maximum atomic E-state index is 12.6. The zero-order chi connectivity index (χ0) is 15.1. The van der Waals surface area contributed by atoms with Gasteiger partial charge in [0.15, 0.2) is 0 Å². The van der Waals surface area contributed by atoms with Gasteiger partial charge in [0.2, 0.25) is 5.91 Å². The van der Waals surface area contributed by atoms with Gasteiger partial charge in [0, 0.05) is 12.6 Å². The minimum Gasteiger partial charge on any atom is -0.322 e. The number of hydrogen-bond donors (Lipinski definition) is 1. The van der Waals surface area contributed by atoms with Gasteiger partial charge in [-0.2, -0.15) is 0 Å². The van der Waals surface area contributed by atoms with Crippen molar-refractivity contribution < 1.29 is 4.79 Å². The second-order valence-corrected chi connectivity index (χ2v) is 5.87. The SMILES string of the molecule is CCCCC1NC(CC)N(C(C)CN(CC)CC)C1=O. The molecule has 0 aromatic heterocycles. The molecule has 4 heteroatoms. The van der Waals surface area contributed by atoms with Crippen LogP contribution in [0.2, 0.25) is 0 Å². The molecule has 0 spiro atoms. The van der Waals surface area contributed by atoms with E-state index in [1.807, 2.05) is 0 Å². The Bertz CT molecular complexity index is 291. The number of nitrogens with zero attached hydrogens (tertiary/aromatic N) is 2. The molecule has 0 aromatic carbocycles. The molecule has 118 valence electrons. The topological polar surface area (TPSA) is 35.6 Å². The van der Waals surface area contributed by atoms with E-state index in [-0.39, 0.29) is 18.2 Å². The summed E-state index contributed by atoms with van der Waals surface area (Å²) in [6.07, 6.45) is 4.45. The standard InChI is InChI=1S/C16H33N3O/c1-6-10-11-14-16(20)19(15(7-2)17-14)13(5)12-18(8-3)9-4/h13-15,17H,6-12H2,1-5H3. The average Bonchev–Trinajstić information content (AvgIpc) is 2.78. The van der Waals surface area contributed by atoms with Crippen LogP contribution in [0.4, 0.5) is 0 Å². The second-order valence-electron chi connectivity index (χ2n) is 5.87. The van der Waals surface area contributed by atoms with Gasteiger partial charge in [-0.15, -0.1) is 0 Å². The van der Waals surface area contributed by atoms with Gasteiger partial charge in [-0.05, 0) is 32.9 Å². The Morgan fingerprint density at radius 3 is 2.40 bits per heavy atom. The third kappa shape index (κ3) is 4.19. The molecule has 0 bridgehead atoms. The van der Waals surface area contributed by atoms with Crippen molar-refractivity contribution in [1.82, 2.24) is 15.1 Å². The van der Waals surface area contributed by atoms with Gasteiger partial charge in [0.25, 0.3) is 0 Å². The van der Waals surface area contributed by atoms with E-state index in [9.17, 15) is 4.79 Å². The van der Waals surface area contributed by atoms with Crippen molar-refractivity contribution in [3.8, 4) is 0 Å². The number of rotatable bonds is 9. The molecule has 0 aromatic rings. The van der Waals surface area contributed by atoms with Gasteiger partial charge in [-0.3, -0.25) is 10.1 Å². The first-order chi connectivity index (χ1) is 9.58. The van der Waals surface area contributed by atoms with Crippen molar-refractivity contribution in [2.75, 3.05) is 19.6 Å². The van der Waals surface area contributed by atoms with Crippen LogP contribution in [-0.4, -0.2) is 53.6 Å². The van der Waals surface area contributed by atoms with E-state index in [0.717, 1.165) is 45.3 Å². The lowest BCUT2D eigenvalue weighted by atomic mass is 10.1. The Hall–Kier alpha value is -0.610. The van der Waals surface area contributed by atoms with Crippen LogP contribution >= 0.6 is 0 Å². The minimum absolute atomic E-state index is 0.0408. The van der Waals surface area contributed by atoms with Crippen molar-refractivity contribution in [2.45, 2.75) is 78.6 Å². The summed E-state index contributed by atoms with van der Waals surface area (Å²) in [5.74, 6) is 0.310. The van der Waals surface area contributed by atoms with E-state index in [4.69, 9.17) is 0 Å². The zero-order valence-electron chi connectivity index (χ0n) is 14.0. The summed E-state index contributed by atoms with van der Waals surface area (Å²) < 4.78 is 0. The lowest BCUT2D eigenvalue weighted by Crippen LogP contribution is -2.48. The predicted octanol–water partition coefficient (Wildman–Crippen LogP) is 2.44. The van der Waals surface area contributed by atoms with Gasteiger partial charge in [-0.1, -0.05) is 40.5 Å². The smallest absolute Gasteiger partial charge is 0.241 e. The van der Waals surface area contributed by atoms with Crippen LogP contribution in [0.5, 0.6) is 0 Å². The van der Waals surface area contributed by atoms with Gasteiger partial charge >= 0.3 is 0 Å². The number of nitrogens with one attached hydrogen (secondary N) is 1. The van der Waals surface area contributed by atoms with E-state index in [0.29, 0.717) is 5.91 Å². The molecule has 1 rings (SSSR count). The Morgan fingerprint density at radius 2 is 1.90 bits per heavy atom. The maximum Gasteiger partial charge on any atom is 0.241 e. The zero-order valence-corrected chi connectivity index (χ0v) is 14.0. The molecule has 4 nitrogen and oxygen atoms in total. The van der Waals surface area contributed by atoms with Crippen LogP contribution in [0.3, 0.4) is 0 Å². The third-order valence-electron chi connectivity index (χ3n) is 4.41. The van der Waals surface area contributed by atoms with Crippen LogP contribution in [-0.2, 0) is 4.79 Å². The molecular formula is C16H33N3O. The molecule has 0 radical (unpaired) electrons. The molecule has 1 aliphatic heterocycles. The molecule has 1 saturated heterocycles. The van der Waals surface area contributed by atoms with E-state index in [2.05, 4.69) is 49.7 Å². The third-order valence-corrected chi connectivity index (χ3v) is 4.41. The van der Waals surface area contributed by atoms with Crippen LogP contribution < -0.4 is 5.32 Å². The van der Waals surface area contributed by atoms with Gasteiger partial charge < -0.3 is 9.80 Å². The number of carbonyl (C=O) groups is 1. The summed E-state index contributed by atoms with van der Waals surface area (Å²) in [6, 6.07) is 0.325.